The second kappa shape index (κ2) is 4.57. The second-order valence-electron chi connectivity index (χ2n) is 6.32. The Hall–Kier alpha value is -0.0399. The van der Waals surface area contributed by atoms with Crippen LogP contribution >= 0.6 is 0 Å². The largest absolute Gasteiger partial charge is 0.182 e. The number of aryl methyl sites for hydroxylation is 2. The van der Waals surface area contributed by atoms with Gasteiger partial charge in [-0.05, 0) is 6.42 Å². The molecule has 0 atom stereocenters. The Bertz CT molecular complexity index is 426. The van der Waals surface area contributed by atoms with E-state index in [-0.39, 0.29) is 25.8 Å². The van der Waals surface area contributed by atoms with Crippen molar-refractivity contribution in [1.82, 2.24) is 0 Å². The van der Waals surface area contributed by atoms with Crippen LogP contribution in [-0.4, -0.2) is 0 Å². The average molecular weight is 392 g/mol. The summed E-state index contributed by atoms with van der Waals surface area (Å²) in [6, 6.07) is 4.77. The molecule has 90 valence electrons. The zero-order valence-electron chi connectivity index (χ0n) is 11.2. The van der Waals surface area contributed by atoms with Gasteiger partial charge >= 0.3 is 0 Å². The molecule has 0 aromatic heterocycles. The van der Waals surface area contributed by atoms with E-state index in [0.29, 0.717) is 5.41 Å². The van der Waals surface area contributed by atoms with Crippen molar-refractivity contribution in [1.29, 1.82) is 0 Å². The Balaban J connectivity index is 0.00000108. The fourth-order valence-corrected chi connectivity index (χ4v) is 3.43. The van der Waals surface area contributed by atoms with E-state index in [1.807, 2.05) is 0 Å². The summed E-state index contributed by atoms with van der Waals surface area (Å²) in [7, 11) is 0. The maximum Gasteiger partial charge on any atom is 0 e. The molecule has 0 unspecified atom stereocenters. The molecule has 0 bridgehead atoms. The first-order valence-corrected chi connectivity index (χ1v) is 6.57. The van der Waals surface area contributed by atoms with E-state index in [2.05, 4.69) is 32.9 Å². The van der Waals surface area contributed by atoms with Gasteiger partial charge in [0.1, 0.15) is 0 Å². The van der Waals surface area contributed by atoms with Crippen LogP contribution < -0.4 is 0 Å². The van der Waals surface area contributed by atoms with Crippen LogP contribution in [0.5, 0.6) is 0 Å². The van der Waals surface area contributed by atoms with E-state index in [9.17, 15) is 0 Å². The van der Waals surface area contributed by atoms with E-state index in [0.717, 1.165) is 0 Å². The SMILES string of the molecule is CC(C)(C)[C-]1CCc2ccc3c(c21)CCC3.[Hf]. The van der Waals surface area contributed by atoms with Crippen LogP contribution in [0, 0.1) is 11.3 Å². The van der Waals surface area contributed by atoms with E-state index in [4.69, 9.17) is 0 Å². The molecule has 0 fully saturated rings. The van der Waals surface area contributed by atoms with Crippen molar-refractivity contribution in [3.8, 4) is 0 Å². The number of benzene rings is 1. The van der Waals surface area contributed by atoms with Crippen LogP contribution in [-0.2, 0) is 45.1 Å². The molecule has 1 aromatic rings. The maximum absolute atomic E-state index is 2.39. The number of hydrogen-bond acceptors (Lipinski definition) is 0. The van der Waals surface area contributed by atoms with Gasteiger partial charge in [-0.15, -0.1) is 22.8 Å². The van der Waals surface area contributed by atoms with Gasteiger partial charge in [0.2, 0.25) is 0 Å². The van der Waals surface area contributed by atoms with Crippen LogP contribution in [0.15, 0.2) is 12.1 Å². The first-order valence-electron chi connectivity index (χ1n) is 6.57. The first-order chi connectivity index (χ1) is 7.57. The minimum atomic E-state index is 0. The van der Waals surface area contributed by atoms with Crippen molar-refractivity contribution in [2.45, 2.75) is 52.9 Å². The summed E-state index contributed by atoms with van der Waals surface area (Å²) in [5, 5.41) is 0. The molecule has 0 nitrogen and oxygen atoms in total. The maximum atomic E-state index is 2.39. The van der Waals surface area contributed by atoms with Gasteiger partial charge in [0.25, 0.3) is 0 Å². The molecular weight excluding hydrogens is 371 g/mol. The van der Waals surface area contributed by atoms with Crippen molar-refractivity contribution in [2.24, 2.45) is 5.41 Å². The molecule has 1 heteroatoms. The summed E-state index contributed by atoms with van der Waals surface area (Å²) >= 11 is 0. The van der Waals surface area contributed by atoms with Crippen molar-refractivity contribution in [3.63, 3.8) is 0 Å². The summed E-state index contributed by atoms with van der Waals surface area (Å²) in [5.41, 5.74) is 6.96. The molecule has 17 heavy (non-hydrogen) atoms. The first kappa shape index (κ1) is 13.4. The van der Waals surface area contributed by atoms with Gasteiger partial charge < -0.3 is 0 Å². The number of hydrogen-bond donors (Lipinski definition) is 0. The summed E-state index contributed by atoms with van der Waals surface area (Å²) < 4.78 is 0. The predicted molar refractivity (Wildman–Crippen MR) is 68.6 cm³/mol. The Morgan fingerprint density at radius 3 is 2.41 bits per heavy atom. The molecule has 0 radical (unpaired) electrons. The van der Waals surface area contributed by atoms with Gasteiger partial charge in [0, 0.05) is 25.8 Å². The molecule has 0 aliphatic heterocycles. The van der Waals surface area contributed by atoms with Crippen LogP contribution in [0.1, 0.15) is 55.9 Å². The molecule has 0 heterocycles. The minimum absolute atomic E-state index is 0. The van der Waals surface area contributed by atoms with Crippen LogP contribution in [0.4, 0.5) is 0 Å². The van der Waals surface area contributed by atoms with Gasteiger partial charge in [-0.1, -0.05) is 57.9 Å². The van der Waals surface area contributed by atoms with Gasteiger partial charge in [-0.25, -0.2) is 0 Å². The Labute approximate surface area is 124 Å². The van der Waals surface area contributed by atoms with E-state index < -0.39 is 0 Å². The van der Waals surface area contributed by atoms with Crippen LogP contribution in [0.25, 0.3) is 0 Å². The van der Waals surface area contributed by atoms with Crippen LogP contribution in [0.2, 0.25) is 0 Å². The van der Waals surface area contributed by atoms with Crippen molar-refractivity contribution in [3.05, 3.63) is 40.3 Å². The minimum Gasteiger partial charge on any atom is -0.182 e. The molecule has 2 aliphatic carbocycles. The zero-order chi connectivity index (χ0) is 11.3. The third-order valence-corrected chi connectivity index (χ3v) is 4.22. The normalized spacial score (nSPS) is 17.7. The Morgan fingerprint density at radius 2 is 1.71 bits per heavy atom. The summed E-state index contributed by atoms with van der Waals surface area (Å²) in [6.45, 7) is 7.10. The van der Waals surface area contributed by atoms with Crippen molar-refractivity contribution in [2.75, 3.05) is 0 Å². The molecule has 0 spiro atoms. The molecular formula is C16H21Hf-. The van der Waals surface area contributed by atoms with Gasteiger partial charge in [0.15, 0.2) is 0 Å². The quantitative estimate of drug-likeness (QED) is 0.461. The fourth-order valence-electron chi connectivity index (χ4n) is 3.43. The average Bonchev–Trinajstić information content (AvgIpc) is 2.81. The molecule has 0 amide bonds. The third kappa shape index (κ3) is 2.16. The standard InChI is InChI=1S/C16H21.Hf/c1-16(2,3)14-10-9-12-8-7-11-5-4-6-13(11)15(12)14;/h7-8H,4-6,9-10H2,1-3H3;/q-1;. The van der Waals surface area contributed by atoms with Crippen LogP contribution in [0.3, 0.4) is 0 Å². The fraction of sp³-hybridized carbons (Fsp3) is 0.562. The smallest absolute Gasteiger partial charge is 0 e. The second-order valence-corrected chi connectivity index (χ2v) is 6.32. The predicted octanol–water partition coefficient (Wildman–Crippen LogP) is 4.09. The van der Waals surface area contributed by atoms with Gasteiger partial charge in [-0.2, -0.15) is 11.5 Å². The summed E-state index contributed by atoms with van der Waals surface area (Å²) in [5.74, 6) is 1.71. The van der Waals surface area contributed by atoms with Crippen molar-refractivity contribution >= 4 is 0 Å². The zero-order valence-corrected chi connectivity index (χ0v) is 14.8. The van der Waals surface area contributed by atoms with E-state index >= 15 is 0 Å². The summed E-state index contributed by atoms with van der Waals surface area (Å²) in [4.78, 5) is 0. The molecule has 0 saturated carbocycles. The van der Waals surface area contributed by atoms with E-state index in [1.165, 1.54) is 32.1 Å². The van der Waals surface area contributed by atoms with Crippen molar-refractivity contribution < 1.29 is 25.8 Å². The molecule has 1 aromatic carbocycles. The number of rotatable bonds is 0. The summed E-state index contributed by atoms with van der Waals surface area (Å²) in [6.07, 6.45) is 6.55. The third-order valence-electron chi connectivity index (χ3n) is 4.22. The van der Waals surface area contributed by atoms with E-state index in [1.54, 1.807) is 28.2 Å². The molecule has 0 saturated heterocycles. The molecule has 3 rings (SSSR count). The Morgan fingerprint density at radius 1 is 1.00 bits per heavy atom. The topological polar surface area (TPSA) is 0 Å². The van der Waals surface area contributed by atoms with Gasteiger partial charge in [0.05, 0.1) is 0 Å². The van der Waals surface area contributed by atoms with Gasteiger partial charge in [-0.3, -0.25) is 0 Å². The molecule has 2 aliphatic rings. The number of fused-ring (bicyclic) bond motifs is 3. The monoisotopic (exact) mass is 393 g/mol. The Kier molecular flexibility index (Phi) is 3.60. The molecule has 0 N–H and O–H groups in total.